The smallest absolute Gasteiger partial charge is 0.472 e. The topological polar surface area (TPSA) is 117 Å². The summed E-state index contributed by atoms with van der Waals surface area (Å²) in [4.78, 5) is 22.4. The average molecular weight is 748 g/mol. The Hall–Kier alpha value is -2.48. The van der Waals surface area contributed by atoms with E-state index in [-0.39, 0.29) is 32.8 Å². The molecule has 0 heterocycles. The number of carbonyl (C=O) groups excluding carboxylic acids is 1. The summed E-state index contributed by atoms with van der Waals surface area (Å²) < 4.78 is 33.0. The number of carbonyl (C=O) groups is 1. The van der Waals surface area contributed by atoms with Crippen LogP contribution in [0.3, 0.4) is 0 Å². The zero-order chi connectivity index (χ0) is 38.1. The van der Waals surface area contributed by atoms with Gasteiger partial charge in [-0.15, -0.1) is 0 Å². The number of hydrogen-bond donors (Lipinski definition) is 2. The van der Waals surface area contributed by atoms with Gasteiger partial charge in [-0.2, -0.15) is 0 Å². The summed E-state index contributed by atoms with van der Waals surface area (Å²) >= 11 is 0. The zero-order valence-electron chi connectivity index (χ0n) is 32.8. The molecule has 0 spiro atoms. The molecule has 2 unspecified atom stereocenters. The first-order chi connectivity index (χ1) is 25.4. The van der Waals surface area contributed by atoms with Gasteiger partial charge in [-0.1, -0.05) is 157 Å². The van der Waals surface area contributed by atoms with Crippen molar-refractivity contribution >= 4 is 13.8 Å². The standard InChI is InChI=1S/C43H74NO7P/c1-3-5-7-9-11-13-15-17-19-20-21-22-23-24-26-28-30-32-34-36-43(45)51-42(41-50-52(46,47)49-39-37-44)40-48-38-35-33-31-29-27-25-18-16-14-12-10-8-6-4-2/h5,7,11,13,17,19,21-22,24,26,30,32,35,38,42H,3-4,6,8-10,12,14-16,18,20,23,25,27-29,31,33-34,36-37,39-41,44H2,1-2H3,(H,46,47)/b7-5+,13-11+,19-17+,22-21+,26-24+,32-30+,38-35-. The largest absolute Gasteiger partial charge is 0.498 e. The van der Waals surface area contributed by atoms with Crippen LogP contribution in [0.1, 0.15) is 149 Å². The highest BCUT2D eigenvalue weighted by Crippen LogP contribution is 2.43. The van der Waals surface area contributed by atoms with Gasteiger partial charge in [0.25, 0.3) is 0 Å². The van der Waals surface area contributed by atoms with Crippen molar-refractivity contribution in [1.29, 1.82) is 0 Å². The Labute approximate surface area is 318 Å². The summed E-state index contributed by atoms with van der Waals surface area (Å²) in [5.41, 5.74) is 5.35. The molecule has 0 aromatic rings. The maximum atomic E-state index is 12.5. The number of phosphoric ester groups is 1. The number of rotatable bonds is 37. The summed E-state index contributed by atoms with van der Waals surface area (Å²) in [6, 6.07) is 0. The summed E-state index contributed by atoms with van der Waals surface area (Å²) in [6.07, 6.45) is 51.3. The molecule has 0 saturated carbocycles. The van der Waals surface area contributed by atoms with Crippen molar-refractivity contribution in [2.24, 2.45) is 5.73 Å². The Kier molecular flexibility index (Phi) is 37.8. The van der Waals surface area contributed by atoms with E-state index in [0.717, 1.165) is 51.4 Å². The van der Waals surface area contributed by atoms with Gasteiger partial charge in [0.05, 0.1) is 19.5 Å². The van der Waals surface area contributed by atoms with E-state index in [2.05, 4.69) is 74.6 Å². The van der Waals surface area contributed by atoms with Crippen molar-refractivity contribution in [1.82, 2.24) is 0 Å². The quantitative estimate of drug-likeness (QED) is 0.0212. The van der Waals surface area contributed by atoms with Gasteiger partial charge in [0.2, 0.25) is 0 Å². The molecule has 52 heavy (non-hydrogen) atoms. The molecule has 8 nitrogen and oxygen atoms in total. The minimum Gasteiger partial charge on any atom is -0.498 e. The van der Waals surface area contributed by atoms with Gasteiger partial charge in [0.1, 0.15) is 6.61 Å². The molecule has 0 saturated heterocycles. The molecule has 0 aromatic carbocycles. The first-order valence-electron chi connectivity index (χ1n) is 20.1. The molecule has 0 fully saturated rings. The second-order valence-corrected chi connectivity index (χ2v) is 14.3. The Balaban J connectivity index is 4.28. The van der Waals surface area contributed by atoms with Crippen LogP contribution in [0.25, 0.3) is 0 Å². The van der Waals surface area contributed by atoms with Crippen LogP contribution in [0.2, 0.25) is 0 Å². The van der Waals surface area contributed by atoms with Crippen LogP contribution in [-0.4, -0.2) is 43.3 Å². The second-order valence-electron chi connectivity index (χ2n) is 12.8. The van der Waals surface area contributed by atoms with Crippen molar-refractivity contribution in [2.45, 2.75) is 155 Å². The van der Waals surface area contributed by atoms with E-state index in [0.29, 0.717) is 6.42 Å². The molecular formula is C43H74NO7P. The third-order valence-corrected chi connectivity index (χ3v) is 8.89. The monoisotopic (exact) mass is 748 g/mol. The number of phosphoric acid groups is 1. The Morgan fingerprint density at radius 1 is 0.615 bits per heavy atom. The molecule has 2 atom stereocenters. The first kappa shape index (κ1) is 49.5. The van der Waals surface area contributed by atoms with Gasteiger partial charge < -0.3 is 20.1 Å². The van der Waals surface area contributed by atoms with Gasteiger partial charge in [-0.05, 0) is 63.9 Å². The van der Waals surface area contributed by atoms with E-state index < -0.39 is 19.9 Å². The lowest BCUT2D eigenvalue weighted by Crippen LogP contribution is -2.27. The van der Waals surface area contributed by atoms with Crippen molar-refractivity contribution in [2.75, 3.05) is 26.4 Å². The molecular weight excluding hydrogens is 673 g/mol. The lowest BCUT2D eigenvalue weighted by molar-refractivity contribution is -0.153. The van der Waals surface area contributed by atoms with E-state index in [1.807, 2.05) is 18.2 Å². The number of ether oxygens (including phenoxy) is 2. The van der Waals surface area contributed by atoms with Crippen LogP contribution in [0.4, 0.5) is 0 Å². The highest BCUT2D eigenvalue weighted by molar-refractivity contribution is 7.47. The van der Waals surface area contributed by atoms with Gasteiger partial charge in [-0.3, -0.25) is 13.8 Å². The van der Waals surface area contributed by atoms with Crippen LogP contribution >= 0.6 is 7.82 Å². The van der Waals surface area contributed by atoms with Crippen LogP contribution < -0.4 is 5.73 Å². The Morgan fingerprint density at radius 2 is 1.10 bits per heavy atom. The SMILES string of the molecule is CC/C=C/C/C=C/C/C=C/C/C=C/C/C=C/C/C=C/CCC(=O)OC(CO/C=C\CCCCCCCCCCCCCC)COP(=O)(O)OCCN. The van der Waals surface area contributed by atoms with E-state index in [1.165, 1.54) is 70.6 Å². The molecule has 0 bridgehead atoms. The van der Waals surface area contributed by atoms with Gasteiger partial charge >= 0.3 is 13.8 Å². The highest BCUT2D eigenvalue weighted by Gasteiger charge is 2.25. The number of hydrogen-bond acceptors (Lipinski definition) is 7. The molecule has 3 N–H and O–H groups in total. The Morgan fingerprint density at radius 3 is 1.60 bits per heavy atom. The van der Waals surface area contributed by atoms with Crippen LogP contribution in [0, 0.1) is 0 Å². The van der Waals surface area contributed by atoms with Crippen LogP contribution in [0.15, 0.2) is 85.3 Å². The Bertz CT molecular complexity index is 1060. The lowest BCUT2D eigenvalue weighted by atomic mass is 10.0. The molecule has 0 aliphatic carbocycles. The maximum Gasteiger partial charge on any atom is 0.472 e. The predicted octanol–water partition coefficient (Wildman–Crippen LogP) is 12.1. The third kappa shape index (κ3) is 38.7. The molecule has 0 aromatic heterocycles. The normalized spacial score (nSPS) is 14.4. The fourth-order valence-corrected chi connectivity index (χ4v) is 5.75. The fraction of sp³-hybridized carbons (Fsp3) is 0.651. The average Bonchev–Trinajstić information content (AvgIpc) is 3.13. The molecule has 0 aliphatic heterocycles. The summed E-state index contributed by atoms with van der Waals surface area (Å²) in [5.74, 6) is -0.437. The number of unbranched alkanes of at least 4 members (excludes halogenated alkanes) is 12. The summed E-state index contributed by atoms with van der Waals surface area (Å²) in [7, 11) is -4.31. The zero-order valence-corrected chi connectivity index (χ0v) is 33.7. The van der Waals surface area contributed by atoms with E-state index in [4.69, 9.17) is 24.3 Å². The number of nitrogens with two attached hydrogens (primary N) is 1. The van der Waals surface area contributed by atoms with Crippen molar-refractivity contribution in [3.05, 3.63) is 85.3 Å². The number of allylic oxidation sites excluding steroid dienone is 13. The van der Waals surface area contributed by atoms with Crippen molar-refractivity contribution in [3.8, 4) is 0 Å². The predicted molar refractivity (Wildman–Crippen MR) is 219 cm³/mol. The molecule has 0 radical (unpaired) electrons. The fourth-order valence-electron chi connectivity index (χ4n) is 4.99. The molecule has 0 aliphatic rings. The van der Waals surface area contributed by atoms with E-state index in [9.17, 15) is 14.3 Å². The number of esters is 1. The third-order valence-electron chi connectivity index (χ3n) is 7.90. The second kappa shape index (κ2) is 39.7. The van der Waals surface area contributed by atoms with E-state index >= 15 is 0 Å². The molecule has 0 amide bonds. The highest BCUT2D eigenvalue weighted by atomic mass is 31.2. The van der Waals surface area contributed by atoms with Crippen molar-refractivity contribution < 1.29 is 32.8 Å². The van der Waals surface area contributed by atoms with Gasteiger partial charge in [0.15, 0.2) is 6.10 Å². The molecule has 298 valence electrons. The van der Waals surface area contributed by atoms with Crippen LogP contribution in [-0.2, 0) is 27.9 Å². The molecule has 0 rings (SSSR count). The lowest BCUT2D eigenvalue weighted by Gasteiger charge is -2.19. The minimum atomic E-state index is -4.31. The van der Waals surface area contributed by atoms with Crippen LogP contribution in [0.5, 0.6) is 0 Å². The molecule has 9 heteroatoms. The minimum absolute atomic E-state index is 0.00250. The van der Waals surface area contributed by atoms with Crippen molar-refractivity contribution in [3.63, 3.8) is 0 Å². The summed E-state index contributed by atoms with van der Waals surface area (Å²) in [6.45, 7) is 4.02. The maximum absolute atomic E-state index is 12.5. The van der Waals surface area contributed by atoms with E-state index in [1.54, 1.807) is 6.26 Å². The first-order valence-corrected chi connectivity index (χ1v) is 21.6. The van der Waals surface area contributed by atoms with Gasteiger partial charge in [0, 0.05) is 13.0 Å². The van der Waals surface area contributed by atoms with Gasteiger partial charge in [-0.25, -0.2) is 4.57 Å². The summed E-state index contributed by atoms with van der Waals surface area (Å²) in [5, 5.41) is 0.